The SMILES string of the molecule is OB(O)c1ccc2ccc(-c3ccc4c(c3)C(c3ccccc3)(c3ccccc3)c3ccccc3-4)cc2c1. The molecule has 38 heavy (non-hydrogen) atoms. The first-order valence-electron chi connectivity index (χ1n) is 12.9. The van der Waals surface area contributed by atoms with E-state index >= 15 is 0 Å². The third-order valence-electron chi connectivity index (χ3n) is 7.95. The van der Waals surface area contributed by atoms with E-state index in [0.717, 1.165) is 21.9 Å². The lowest BCUT2D eigenvalue weighted by atomic mass is 9.67. The van der Waals surface area contributed by atoms with Gasteiger partial charge in [0.25, 0.3) is 0 Å². The molecule has 0 amide bonds. The van der Waals surface area contributed by atoms with Crippen molar-refractivity contribution in [3.05, 3.63) is 162 Å². The molecule has 7 rings (SSSR count). The van der Waals surface area contributed by atoms with E-state index in [-0.39, 0.29) is 0 Å². The average Bonchev–Trinajstić information content (AvgIpc) is 3.28. The molecule has 0 radical (unpaired) electrons. The first-order chi connectivity index (χ1) is 18.7. The number of benzene rings is 6. The average molecular weight is 488 g/mol. The molecule has 6 aromatic rings. The molecule has 2 nitrogen and oxygen atoms in total. The summed E-state index contributed by atoms with van der Waals surface area (Å²) in [5.74, 6) is 0. The van der Waals surface area contributed by atoms with Crippen molar-refractivity contribution in [2.24, 2.45) is 0 Å². The molecular formula is C35H25BO2. The maximum absolute atomic E-state index is 9.69. The Kier molecular flexibility index (Phi) is 5.29. The molecule has 0 saturated heterocycles. The van der Waals surface area contributed by atoms with Crippen molar-refractivity contribution < 1.29 is 10.0 Å². The van der Waals surface area contributed by atoms with Crippen molar-refractivity contribution >= 4 is 23.4 Å². The summed E-state index contributed by atoms with van der Waals surface area (Å²) in [6.45, 7) is 0. The van der Waals surface area contributed by atoms with Gasteiger partial charge in [0.1, 0.15) is 0 Å². The molecule has 3 heteroatoms. The van der Waals surface area contributed by atoms with Crippen LogP contribution >= 0.6 is 0 Å². The Morgan fingerprint density at radius 1 is 0.447 bits per heavy atom. The van der Waals surface area contributed by atoms with Crippen LogP contribution in [0, 0.1) is 0 Å². The number of hydrogen-bond donors (Lipinski definition) is 2. The Hall–Kier alpha value is -4.44. The highest BCUT2D eigenvalue weighted by molar-refractivity contribution is 6.58. The molecule has 1 aliphatic rings. The highest BCUT2D eigenvalue weighted by Crippen LogP contribution is 2.56. The fraction of sp³-hybridized carbons (Fsp3) is 0.0286. The van der Waals surface area contributed by atoms with Crippen molar-refractivity contribution in [1.82, 2.24) is 0 Å². The molecule has 0 saturated carbocycles. The van der Waals surface area contributed by atoms with Crippen LogP contribution in [-0.2, 0) is 5.41 Å². The minimum absolute atomic E-state index is 0.435. The smallest absolute Gasteiger partial charge is 0.423 e. The lowest BCUT2D eigenvalue weighted by molar-refractivity contribution is 0.426. The molecule has 180 valence electrons. The van der Waals surface area contributed by atoms with Gasteiger partial charge < -0.3 is 10.0 Å². The van der Waals surface area contributed by atoms with Gasteiger partial charge in [-0.25, -0.2) is 0 Å². The topological polar surface area (TPSA) is 40.5 Å². The summed E-state index contributed by atoms with van der Waals surface area (Å²) >= 11 is 0. The lowest BCUT2D eigenvalue weighted by Gasteiger charge is -2.34. The van der Waals surface area contributed by atoms with Crippen LogP contribution in [-0.4, -0.2) is 17.2 Å². The lowest BCUT2D eigenvalue weighted by Crippen LogP contribution is -2.29. The van der Waals surface area contributed by atoms with Gasteiger partial charge in [-0.2, -0.15) is 0 Å². The fourth-order valence-corrected chi connectivity index (χ4v) is 6.23. The fourth-order valence-electron chi connectivity index (χ4n) is 6.23. The standard InChI is InChI=1S/C35H25BO2/c37-36(38)30-19-17-24-15-16-25(21-27(24)22-30)26-18-20-32-31-13-7-8-14-33(31)35(34(32)23-26,28-9-3-1-4-10-28)29-11-5-2-6-12-29/h1-23,37-38H. The van der Waals surface area contributed by atoms with Gasteiger partial charge in [-0.05, 0) is 72.9 Å². The van der Waals surface area contributed by atoms with Gasteiger partial charge in [-0.1, -0.05) is 127 Å². The molecule has 0 aromatic heterocycles. The summed E-state index contributed by atoms with van der Waals surface area (Å²) in [6, 6.07) is 49.1. The highest BCUT2D eigenvalue weighted by atomic mass is 16.4. The van der Waals surface area contributed by atoms with Crippen molar-refractivity contribution in [3.63, 3.8) is 0 Å². The first-order valence-corrected chi connectivity index (χ1v) is 12.9. The molecule has 6 aromatic carbocycles. The Morgan fingerprint density at radius 3 is 1.74 bits per heavy atom. The van der Waals surface area contributed by atoms with Gasteiger partial charge in [0.05, 0.1) is 5.41 Å². The van der Waals surface area contributed by atoms with E-state index in [0.29, 0.717) is 5.46 Å². The molecule has 0 spiro atoms. The quantitative estimate of drug-likeness (QED) is 0.276. The second kappa shape index (κ2) is 8.85. The Morgan fingerprint density at radius 2 is 1.03 bits per heavy atom. The van der Waals surface area contributed by atoms with Gasteiger partial charge in [0.2, 0.25) is 0 Å². The summed E-state index contributed by atoms with van der Waals surface area (Å²) < 4.78 is 0. The monoisotopic (exact) mass is 488 g/mol. The molecule has 1 aliphatic carbocycles. The summed E-state index contributed by atoms with van der Waals surface area (Å²) in [5, 5.41) is 21.4. The zero-order valence-corrected chi connectivity index (χ0v) is 20.8. The summed E-state index contributed by atoms with van der Waals surface area (Å²) in [7, 11) is -1.49. The summed E-state index contributed by atoms with van der Waals surface area (Å²) in [5.41, 5.74) is 9.86. The van der Waals surface area contributed by atoms with Crippen LogP contribution in [0.4, 0.5) is 0 Å². The van der Waals surface area contributed by atoms with Gasteiger partial charge in [0, 0.05) is 0 Å². The molecule has 0 atom stereocenters. The molecule has 0 bridgehead atoms. The minimum atomic E-state index is -1.49. The normalized spacial score (nSPS) is 13.2. The Labute approximate surface area is 222 Å². The third-order valence-corrected chi connectivity index (χ3v) is 7.95. The maximum Gasteiger partial charge on any atom is 0.488 e. The number of hydrogen-bond acceptors (Lipinski definition) is 2. The van der Waals surface area contributed by atoms with Crippen LogP contribution in [0.25, 0.3) is 33.0 Å². The Balaban J connectivity index is 1.50. The van der Waals surface area contributed by atoms with Gasteiger partial charge in [-0.3, -0.25) is 0 Å². The van der Waals surface area contributed by atoms with Crippen LogP contribution in [0.5, 0.6) is 0 Å². The van der Waals surface area contributed by atoms with Crippen LogP contribution in [0.2, 0.25) is 0 Å². The molecular weight excluding hydrogens is 463 g/mol. The second-order valence-electron chi connectivity index (χ2n) is 9.98. The molecule has 0 unspecified atom stereocenters. The summed E-state index contributed by atoms with van der Waals surface area (Å²) in [6.07, 6.45) is 0. The number of fused-ring (bicyclic) bond motifs is 4. The van der Waals surface area contributed by atoms with E-state index in [9.17, 15) is 10.0 Å². The van der Waals surface area contributed by atoms with Crippen LogP contribution in [0.3, 0.4) is 0 Å². The van der Waals surface area contributed by atoms with Crippen molar-refractivity contribution in [1.29, 1.82) is 0 Å². The largest absolute Gasteiger partial charge is 0.488 e. The Bertz CT molecular complexity index is 1750. The van der Waals surface area contributed by atoms with Crippen molar-refractivity contribution in [3.8, 4) is 22.3 Å². The van der Waals surface area contributed by atoms with Crippen LogP contribution in [0.15, 0.2) is 140 Å². The predicted molar refractivity (Wildman–Crippen MR) is 157 cm³/mol. The van der Waals surface area contributed by atoms with E-state index < -0.39 is 12.5 Å². The molecule has 0 heterocycles. The van der Waals surface area contributed by atoms with Crippen molar-refractivity contribution in [2.75, 3.05) is 0 Å². The van der Waals surface area contributed by atoms with Gasteiger partial charge in [0.15, 0.2) is 0 Å². The molecule has 2 N–H and O–H groups in total. The minimum Gasteiger partial charge on any atom is -0.423 e. The zero-order chi connectivity index (χ0) is 25.7. The summed E-state index contributed by atoms with van der Waals surface area (Å²) in [4.78, 5) is 0. The van der Waals surface area contributed by atoms with Crippen molar-refractivity contribution in [2.45, 2.75) is 5.41 Å². The molecule has 0 aliphatic heterocycles. The first kappa shape index (κ1) is 22.7. The van der Waals surface area contributed by atoms with E-state index in [4.69, 9.17) is 0 Å². The van der Waals surface area contributed by atoms with E-state index in [2.05, 4.69) is 121 Å². The van der Waals surface area contributed by atoms with E-state index in [1.807, 2.05) is 12.1 Å². The van der Waals surface area contributed by atoms with Gasteiger partial charge in [-0.15, -0.1) is 0 Å². The predicted octanol–water partition coefficient (Wildman–Crippen LogP) is 6.55. The zero-order valence-electron chi connectivity index (χ0n) is 20.8. The van der Waals surface area contributed by atoms with E-state index in [1.165, 1.54) is 33.4 Å². The van der Waals surface area contributed by atoms with Gasteiger partial charge >= 0.3 is 7.12 Å². The van der Waals surface area contributed by atoms with E-state index in [1.54, 1.807) is 6.07 Å². The maximum atomic E-state index is 9.69. The highest BCUT2D eigenvalue weighted by Gasteiger charge is 2.45. The second-order valence-corrected chi connectivity index (χ2v) is 9.98. The third kappa shape index (κ3) is 3.37. The van der Waals surface area contributed by atoms with Crippen LogP contribution < -0.4 is 5.46 Å². The van der Waals surface area contributed by atoms with Crippen LogP contribution in [0.1, 0.15) is 22.3 Å². The molecule has 0 fully saturated rings. The number of rotatable bonds is 4.